The van der Waals surface area contributed by atoms with Crippen molar-refractivity contribution in [2.24, 2.45) is 5.14 Å². The minimum Gasteiger partial charge on any atom is -0.350 e. The first kappa shape index (κ1) is 24.2. The van der Waals surface area contributed by atoms with Gasteiger partial charge in [0.2, 0.25) is 5.82 Å². The number of nitrogens with two attached hydrogens (primary N) is 1. The second-order valence-electron chi connectivity index (χ2n) is 8.37. The number of halogens is 3. The zero-order valence-corrected chi connectivity index (χ0v) is 20.2. The first-order chi connectivity index (χ1) is 15.4. The van der Waals surface area contributed by atoms with E-state index in [1.54, 1.807) is 19.9 Å². The number of nitrogens with one attached hydrogen (secondary N) is 2. The van der Waals surface area contributed by atoms with E-state index in [0.29, 0.717) is 23.0 Å². The number of fused-ring (bicyclic) bond motifs is 1. The molecule has 2 atom stereocenters. The molecular formula is C20H23BrF2N4O5S. The van der Waals surface area contributed by atoms with Crippen molar-refractivity contribution >= 4 is 37.5 Å². The predicted molar refractivity (Wildman–Crippen MR) is 120 cm³/mol. The predicted octanol–water partition coefficient (Wildman–Crippen LogP) is 2.56. The lowest BCUT2D eigenvalue weighted by Gasteiger charge is -2.29. The average Bonchev–Trinajstić information content (AvgIpc) is 3.32. The van der Waals surface area contributed by atoms with Crippen molar-refractivity contribution in [1.82, 2.24) is 9.29 Å². The van der Waals surface area contributed by atoms with Crippen LogP contribution in [-0.4, -0.2) is 31.5 Å². The fraction of sp³-hybridized carbons (Fsp3) is 0.450. The number of hydrogen-bond acceptors (Lipinski definition) is 6. The van der Waals surface area contributed by atoms with Crippen molar-refractivity contribution in [2.75, 3.05) is 11.9 Å². The third-order valence-electron chi connectivity index (χ3n) is 5.55. The topological polar surface area (TPSA) is 125 Å². The lowest BCUT2D eigenvalue weighted by atomic mass is 9.97. The molecule has 180 valence electrons. The van der Waals surface area contributed by atoms with E-state index in [2.05, 4.69) is 26.0 Å². The molecule has 9 nitrogen and oxygen atoms in total. The van der Waals surface area contributed by atoms with Gasteiger partial charge in [-0.15, -0.1) is 0 Å². The van der Waals surface area contributed by atoms with Gasteiger partial charge in [0.05, 0.1) is 24.0 Å². The van der Waals surface area contributed by atoms with Gasteiger partial charge in [0.15, 0.2) is 5.79 Å². The Morgan fingerprint density at radius 1 is 1.33 bits per heavy atom. The highest BCUT2D eigenvalue weighted by Crippen LogP contribution is 2.39. The molecule has 1 aromatic carbocycles. The van der Waals surface area contributed by atoms with E-state index in [4.69, 9.17) is 14.6 Å². The molecular weight excluding hydrogens is 526 g/mol. The molecule has 4 rings (SSSR count). The molecule has 0 saturated carbocycles. The van der Waals surface area contributed by atoms with Crippen LogP contribution in [0, 0.1) is 11.6 Å². The van der Waals surface area contributed by atoms with E-state index in [1.807, 2.05) is 0 Å². The highest BCUT2D eigenvalue weighted by atomic mass is 79.9. The fourth-order valence-corrected chi connectivity index (χ4v) is 5.18. The van der Waals surface area contributed by atoms with E-state index in [1.165, 1.54) is 16.7 Å². The highest BCUT2D eigenvalue weighted by molar-refractivity contribution is 9.10. The van der Waals surface area contributed by atoms with Crippen LogP contribution in [0.5, 0.6) is 0 Å². The van der Waals surface area contributed by atoms with Crippen LogP contribution >= 0.6 is 15.9 Å². The molecule has 13 heteroatoms. The molecule has 0 spiro atoms. The van der Waals surface area contributed by atoms with Crippen molar-refractivity contribution in [2.45, 2.75) is 51.2 Å². The van der Waals surface area contributed by atoms with Crippen molar-refractivity contribution < 1.29 is 26.7 Å². The standard InChI is InChI=1S/C20H23BrF2N4O5S/c1-20(2)31-9-14(32-20)17(26-33(24,29)30)15-13-4-3-7-27(13)19(28)16(23)18(15)25-12-6-5-10(21)8-11(12)22/h5-6,8,14,17,25-26H,3-4,7,9H2,1-2H3,(H2,24,29,30). The molecule has 1 fully saturated rings. The van der Waals surface area contributed by atoms with Gasteiger partial charge in [-0.05, 0) is 44.9 Å². The maximum absolute atomic E-state index is 15.4. The zero-order chi connectivity index (χ0) is 24.1. The monoisotopic (exact) mass is 548 g/mol. The Labute approximate surface area is 197 Å². The van der Waals surface area contributed by atoms with Gasteiger partial charge in [0, 0.05) is 22.3 Å². The van der Waals surface area contributed by atoms with Gasteiger partial charge in [-0.1, -0.05) is 15.9 Å². The molecule has 2 aliphatic heterocycles. The minimum absolute atomic E-state index is 0.0214. The quantitative estimate of drug-likeness (QED) is 0.509. The summed E-state index contributed by atoms with van der Waals surface area (Å²) in [6.07, 6.45) is 0.0334. The largest absolute Gasteiger partial charge is 0.350 e. The van der Waals surface area contributed by atoms with Crippen molar-refractivity contribution in [3.05, 3.63) is 55.9 Å². The van der Waals surface area contributed by atoms with E-state index in [9.17, 15) is 17.6 Å². The fourth-order valence-electron chi connectivity index (χ4n) is 4.23. The van der Waals surface area contributed by atoms with Crippen LogP contribution in [0.25, 0.3) is 0 Å². The summed E-state index contributed by atoms with van der Waals surface area (Å²) >= 11 is 3.16. The summed E-state index contributed by atoms with van der Waals surface area (Å²) in [6, 6.07) is 2.88. The van der Waals surface area contributed by atoms with Gasteiger partial charge in [-0.25, -0.2) is 9.53 Å². The Bertz CT molecular complexity index is 1270. The van der Waals surface area contributed by atoms with Gasteiger partial charge in [-0.2, -0.15) is 17.5 Å². The summed E-state index contributed by atoms with van der Waals surface area (Å²) in [5.41, 5.74) is -0.796. The molecule has 1 saturated heterocycles. The lowest BCUT2D eigenvalue weighted by Crippen LogP contribution is -2.43. The van der Waals surface area contributed by atoms with Gasteiger partial charge >= 0.3 is 0 Å². The van der Waals surface area contributed by atoms with Gasteiger partial charge in [-0.3, -0.25) is 4.79 Å². The third kappa shape index (κ3) is 4.98. The molecule has 33 heavy (non-hydrogen) atoms. The van der Waals surface area contributed by atoms with Crippen LogP contribution < -0.4 is 20.7 Å². The summed E-state index contributed by atoms with van der Waals surface area (Å²) in [6.45, 7) is 3.54. The molecule has 1 aromatic heterocycles. The van der Waals surface area contributed by atoms with Crippen LogP contribution in [0.4, 0.5) is 20.2 Å². The Morgan fingerprint density at radius 2 is 2.06 bits per heavy atom. The number of pyridine rings is 1. The Balaban J connectivity index is 1.93. The third-order valence-corrected chi connectivity index (χ3v) is 6.62. The lowest BCUT2D eigenvalue weighted by molar-refractivity contribution is -0.141. The van der Waals surface area contributed by atoms with E-state index in [0.717, 1.165) is 0 Å². The first-order valence-electron chi connectivity index (χ1n) is 10.2. The molecule has 4 N–H and O–H groups in total. The molecule has 2 aliphatic rings. The Hall–Kier alpha value is -1.90. The van der Waals surface area contributed by atoms with Crippen molar-refractivity contribution in [3.63, 3.8) is 0 Å². The number of ether oxygens (including phenoxy) is 2. The summed E-state index contributed by atoms with van der Waals surface area (Å²) in [5.74, 6) is -2.90. The Morgan fingerprint density at radius 3 is 2.67 bits per heavy atom. The van der Waals surface area contributed by atoms with E-state index in [-0.39, 0.29) is 30.1 Å². The maximum Gasteiger partial charge on any atom is 0.288 e. The second-order valence-corrected chi connectivity index (χ2v) is 10.6. The number of benzene rings is 1. The number of aromatic nitrogens is 1. The SMILES string of the molecule is CC1(C)OCC(C(NS(N)(=O)=O)c2c(Nc3ccc(Br)cc3F)c(F)c(=O)n3c2CCC3)O1. The molecule has 3 heterocycles. The highest BCUT2D eigenvalue weighted by Gasteiger charge is 2.42. The smallest absolute Gasteiger partial charge is 0.288 e. The normalized spacial score (nSPS) is 20.6. The van der Waals surface area contributed by atoms with Gasteiger partial charge in [0.25, 0.3) is 15.8 Å². The minimum atomic E-state index is -4.29. The number of nitrogens with zero attached hydrogens (tertiary/aromatic N) is 1. The first-order valence-corrected chi connectivity index (χ1v) is 12.5. The van der Waals surface area contributed by atoms with Crippen LogP contribution in [0.3, 0.4) is 0 Å². The van der Waals surface area contributed by atoms with E-state index >= 15 is 4.39 Å². The van der Waals surface area contributed by atoms with E-state index < -0.39 is 45.3 Å². The number of hydrogen-bond donors (Lipinski definition) is 3. The number of anilines is 2. The Kier molecular flexibility index (Phi) is 6.39. The van der Waals surface area contributed by atoms with Crippen molar-refractivity contribution in [1.29, 1.82) is 0 Å². The molecule has 2 unspecified atom stereocenters. The molecule has 0 radical (unpaired) electrons. The van der Waals surface area contributed by atoms with Crippen LogP contribution in [-0.2, 0) is 32.6 Å². The average molecular weight is 549 g/mol. The molecule has 0 bridgehead atoms. The molecule has 2 aromatic rings. The van der Waals surface area contributed by atoms with Crippen LogP contribution in [0.1, 0.15) is 37.6 Å². The zero-order valence-electron chi connectivity index (χ0n) is 17.8. The molecule has 0 aliphatic carbocycles. The molecule has 0 amide bonds. The van der Waals surface area contributed by atoms with Gasteiger partial charge in [0.1, 0.15) is 11.9 Å². The van der Waals surface area contributed by atoms with Crippen LogP contribution in [0.15, 0.2) is 27.5 Å². The summed E-state index contributed by atoms with van der Waals surface area (Å²) < 4.78 is 69.6. The van der Waals surface area contributed by atoms with Gasteiger partial charge < -0.3 is 19.4 Å². The van der Waals surface area contributed by atoms with Crippen molar-refractivity contribution in [3.8, 4) is 0 Å². The second kappa shape index (κ2) is 8.71. The maximum atomic E-state index is 15.4. The number of rotatable bonds is 6. The van der Waals surface area contributed by atoms with Crippen LogP contribution in [0.2, 0.25) is 0 Å². The summed E-state index contributed by atoms with van der Waals surface area (Å²) in [4.78, 5) is 12.7. The summed E-state index contributed by atoms with van der Waals surface area (Å²) in [5, 5.41) is 7.94. The summed E-state index contributed by atoms with van der Waals surface area (Å²) in [7, 11) is -4.29.